The van der Waals surface area contributed by atoms with Gasteiger partial charge in [0.05, 0.1) is 12.5 Å². The second kappa shape index (κ2) is 19.0. The number of benzene rings is 2. The van der Waals surface area contributed by atoms with Crippen molar-refractivity contribution in [2.24, 2.45) is 0 Å². The van der Waals surface area contributed by atoms with Gasteiger partial charge in [-0.15, -0.1) is 11.8 Å². The molecule has 1 N–H and O–H groups in total. The minimum Gasteiger partial charge on any atom is -0.493 e. The minimum absolute atomic E-state index is 0.0920. The first kappa shape index (κ1) is 34.1. The van der Waals surface area contributed by atoms with Crippen LogP contribution in [0, 0.1) is 0 Å². The number of thioether (sulfide) groups is 1. The van der Waals surface area contributed by atoms with Crippen molar-refractivity contribution < 1.29 is 9.53 Å². The average molecular weight is 593 g/mol. The number of nitrogens with one attached hydrogen (secondary N) is 1. The van der Waals surface area contributed by atoms with Gasteiger partial charge in [-0.05, 0) is 53.1 Å². The zero-order valence-electron chi connectivity index (χ0n) is 26.9. The van der Waals surface area contributed by atoms with Crippen LogP contribution in [0.25, 0.3) is 0 Å². The van der Waals surface area contributed by atoms with Gasteiger partial charge in [0.15, 0.2) is 0 Å². The summed E-state index contributed by atoms with van der Waals surface area (Å²) in [6.07, 6.45) is 21.1. The smallest absolute Gasteiger partial charge is 0.255 e. The molecule has 0 aliphatic carbocycles. The highest BCUT2D eigenvalue weighted by atomic mass is 32.2. The molecule has 0 spiro atoms. The molecule has 5 heteroatoms. The minimum atomic E-state index is -0.120. The molecule has 0 fully saturated rings. The highest BCUT2D eigenvalue weighted by Crippen LogP contribution is 2.33. The molecule has 1 aliphatic heterocycles. The molecule has 1 heterocycles. The molecular weight excluding hydrogens is 536 g/mol. The van der Waals surface area contributed by atoms with E-state index in [4.69, 9.17) is 4.74 Å². The van der Waals surface area contributed by atoms with Crippen molar-refractivity contribution >= 4 is 23.4 Å². The zero-order valence-corrected chi connectivity index (χ0v) is 27.7. The molecule has 0 aromatic heterocycles. The Morgan fingerprint density at radius 2 is 1.43 bits per heavy atom. The molecule has 2 aromatic rings. The molecule has 0 radical (unpaired) electrons. The van der Waals surface area contributed by atoms with Crippen LogP contribution in [0.2, 0.25) is 0 Å². The predicted molar refractivity (Wildman–Crippen MR) is 182 cm³/mol. The van der Waals surface area contributed by atoms with E-state index < -0.39 is 0 Å². The van der Waals surface area contributed by atoms with E-state index in [-0.39, 0.29) is 11.3 Å². The van der Waals surface area contributed by atoms with Gasteiger partial charge in [0.1, 0.15) is 5.75 Å². The van der Waals surface area contributed by atoms with Crippen LogP contribution in [0.1, 0.15) is 139 Å². The van der Waals surface area contributed by atoms with Gasteiger partial charge in [-0.25, -0.2) is 0 Å². The Labute approximate surface area is 261 Å². The number of hydrogen-bond acceptors (Lipinski definition) is 4. The summed E-state index contributed by atoms with van der Waals surface area (Å²) in [5.41, 5.74) is 3.66. The van der Waals surface area contributed by atoms with Crippen molar-refractivity contribution in [1.82, 2.24) is 4.90 Å². The number of anilines is 1. The van der Waals surface area contributed by atoms with Crippen molar-refractivity contribution in [2.45, 2.75) is 130 Å². The lowest BCUT2D eigenvalue weighted by molar-refractivity contribution is 0.102. The average Bonchev–Trinajstić information content (AvgIpc) is 3.49. The molecule has 0 atom stereocenters. The van der Waals surface area contributed by atoms with E-state index in [2.05, 4.69) is 61.7 Å². The van der Waals surface area contributed by atoms with Crippen LogP contribution in [-0.2, 0) is 12.0 Å². The number of carbonyl (C=O) groups excluding carboxylic acids is 1. The van der Waals surface area contributed by atoms with E-state index >= 15 is 0 Å². The molecule has 0 unspecified atom stereocenters. The maximum Gasteiger partial charge on any atom is 0.255 e. The SMILES string of the molecule is CCCCCCCCCCCCCCCCOc1ccc(C(=O)Nc2ccc(CN3C=CSC3)cc2)cc1C(C)(C)C. The Kier molecular flexibility index (Phi) is 15.4. The second-order valence-electron chi connectivity index (χ2n) is 12.9. The van der Waals surface area contributed by atoms with Crippen LogP contribution in [0.3, 0.4) is 0 Å². The summed E-state index contributed by atoms with van der Waals surface area (Å²) in [7, 11) is 0. The Bertz CT molecular complexity index is 1070. The predicted octanol–water partition coefficient (Wildman–Crippen LogP) is 11.1. The number of hydrogen-bond donors (Lipinski definition) is 1. The molecule has 0 saturated heterocycles. The Morgan fingerprint density at radius 1 is 0.833 bits per heavy atom. The fourth-order valence-electron chi connectivity index (χ4n) is 5.40. The first-order valence-electron chi connectivity index (χ1n) is 16.6. The second-order valence-corrected chi connectivity index (χ2v) is 13.7. The van der Waals surface area contributed by atoms with Crippen molar-refractivity contribution in [3.8, 4) is 5.75 Å². The van der Waals surface area contributed by atoms with E-state index in [0.29, 0.717) is 5.56 Å². The first-order chi connectivity index (χ1) is 20.4. The van der Waals surface area contributed by atoms with Crippen molar-refractivity contribution in [3.05, 3.63) is 70.8 Å². The van der Waals surface area contributed by atoms with Crippen LogP contribution in [0.4, 0.5) is 5.69 Å². The van der Waals surface area contributed by atoms with Crippen molar-refractivity contribution in [3.63, 3.8) is 0 Å². The molecule has 0 saturated carbocycles. The lowest BCUT2D eigenvalue weighted by atomic mass is 9.85. The maximum absolute atomic E-state index is 13.1. The third kappa shape index (κ3) is 12.9. The van der Waals surface area contributed by atoms with Gasteiger partial charge in [0.2, 0.25) is 0 Å². The molecule has 3 rings (SSSR count). The lowest BCUT2D eigenvalue weighted by Gasteiger charge is -2.24. The molecule has 1 aliphatic rings. The molecule has 232 valence electrons. The quantitative estimate of drug-likeness (QED) is 0.155. The molecule has 4 nitrogen and oxygen atoms in total. The van der Waals surface area contributed by atoms with Crippen LogP contribution < -0.4 is 10.1 Å². The maximum atomic E-state index is 13.1. The normalized spacial score (nSPS) is 13.1. The first-order valence-corrected chi connectivity index (χ1v) is 17.6. The van der Waals surface area contributed by atoms with Crippen LogP contribution in [0.5, 0.6) is 5.75 Å². The molecular formula is C37H56N2O2S. The largest absolute Gasteiger partial charge is 0.493 e. The molecule has 1 amide bonds. The molecule has 0 bridgehead atoms. The summed E-state index contributed by atoms with van der Waals surface area (Å²) >= 11 is 1.81. The monoisotopic (exact) mass is 592 g/mol. The summed E-state index contributed by atoms with van der Waals surface area (Å²) in [6, 6.07) is 14.0. The lowest BCUT2D eigenvalue weighted by Crippen LogP contribution is -2.17. The van der Waals surface area contributed by atoms with Crippen LogP contribution in [-0.4, -0.2) is 23.3 Å². The van der Waals surface area contributed by atoms with Gasteiger partial charge in [0, 0.05) is 29.6 Å². The van der Waals surface area contributed by atoms with E-state index in [1.54, 1.807) is 11.8 Å². The summed E-state index contributed by atoms with van der Waals surface area (Å²) in [5, 5.41) is 5.19. The Balaban J connectivity index is 1.35. The highest BCUT2D eigenvalue weighted by molar-refractivity contribution is 8.02. The van der Waals surface area contributed by atoms with Crippen molar-refractivity contribution in [2.75, 3.05) is 17.8 Å². The van der Waals surface area contributed by atoms with Gasteiger partial charge >= 0.3 is 0 Å². The van der Waals surface area contributed by atoms with E-state index in [1.807, 2.05) is 30.3 Å². The topological polar surface area (TPSA) is 41.6 Å². The number of carbonyl (C=O) groups is 1. The van der Waals surface area contributed by atoms with Crippen LogP contribution in [0.15, 0.2) is 54.1 Å². The van der Waals surface area contributed by atoms with Gasteiger partial charge in [-0.1, -0.05) is 123 Å². The van der Waals surface area contributed by atoms with Gasteiger partial charge < -0.3 is 15.0 Å². The van der Waals surface area contributed by atoms with Crippen molar-refractivity contribution in [1.29, 1.82) is 0 Å². The fraction of sp³-hybridized carbons (Fsp3) is 0.595. The fourth-order valence-corrected chi connectivity index (χ4v) is 6.12. The van der Waals surface area contributed by atoms with Gasteiger partial charge in [0.25, 0.3) is 5.91 Å². The zero-order chi connectivity index (χ0) is 30.0. The summed E-state index contributed by atoms with van der Waals surface area (Å²) < 4.78 is 6.25. The summed E-state index contributed by atoms with van der Waals surface area (Å²) in [6.45, 7) is 10.4. The van der Waals surface area contributed by atoms with E-state index in [1.165, 1.54) is 89.0 Å². The summed E-state index contributed by atoms with van der Waals surface area (Å²) in [5.74, 6) is 1.80. The van der Waals surface area contributed by atoms with E-state index in [0.717, 1.165) is 42.4 Å². The number of nitrogens with zero attached hydrogens (tertiary/aromatic N) is 1. The third-order valence-electron chi connectivity index (χ3n) is 8.01. The molecule has 2 aromatic carbocycles. The highest BCUT2D eigenvalue weighted by Gasteiger charge is 2.21. The van der Waals surface area contributed by atoms with Gasteiger partial charge in [-0.2, -0.15) is 0 Å². The number of rotatable bonds is 20. The Morgan fingerprint density at radius 3 is 1.98 bits per heavy atom. The van der Waals surface area contributed by atoms with E-state index in [9.17, 15) is 4.79 Å². The number of ether oxygens (including phenoxy) is 1. The number of amides is 1. The standard InChI is InChI=1S/C37H56N2O2S/c1-5-6-7-8-9-10-11-12-13-14-15-16-17-18-26-41-35-24-21-32(28-34(35)37(2,3)4)36(40)38-33-22-19-31(20-23-33)29-39-25-27-42-30-39/h19-25,27-28H,5-18,26,29-30H2,1-4H3,(H,38,40). The van der Waals surface area contributed by atoms with Crippen LogP contribution >= 0.6 is 11.8 Å². The number of unbranched alkanes of at least 4 members (excludes halogenated alkanes) is 13. The summed E-state index contributed by atoms with van der Waals surface area (Å²) in [4.78, 5) is 15.4. The third-order valence-corrected chi connectivity index (χ3v) is 8.81. The molecule has 42 heavy (non-hydrogen) atoms. The van der Waals surface area contributed by atoms with Gasteiger partial charge in [-0.3, -0.25) is 4.79 Å². The Hall–Kier alpha value is -2.40.